The molecule has 2 unspecified atom stereocenters. The molecule has 1 amide bonds. The first kappa shape index (κ1) is 8.62. The summed E-state index contributed by atoms with van der Waals surface area (Å²) in [7, 11) is 0. The van der Waals surface area contributed by atoms with Gasteiger partial charge >= 0.3 is 6.09 Å². The third-order valence-corrected chi connectivity index (χ3v) is 2.32. The maximum absolute atomic E-state index is 10.4. The first-order valence-electron chi connectivity index (χ1n) is 3.49. The topological polar surface area (TPSA) is 66.6 Å². The number of hydrogen-bond donors (Lipinski definition) is 2. The molecule has 3 N–H and O–H groups in total. The van der Waals surface area contributed by atoms with Crippen molar-refractivity contribution in [3.63, 3.8) is 0 Å². The summed E-state index contributed by atoms with van der Waals surface area (Å²) in [6.45, 7) is 0.845. The molecule has 1 saturated heterocycles. The van der Waals surface area contributed by atoms with Crippen molar-refractivity contribution in [3.05, 3.63) is 0 Å². The SMILES string of the molecule is NC1CCN(C(=O)O)CC1Cl. The zero-order chi connectivity index (χ0) is 8.43. The van der Waals surface area contributed by atoms with E-state index >= 15 is 0 Å². The molecule has 0 aromatic carbocycles. The van der Waals surface area contributed by atoms with Crippen LogP contribution in [0.2, 0.25) is 0 Å². The van der Waals surface area contributed by atoms with Crippen LogP contribution in [0.1, 0.15) is 6.42 Å². The van der Waals surface area contributed by atoms with Gasteiger partial charge in [0.1, 0.15) is 0 Å². The van der Waals surface area contributed by atoms with E-state index in [0.29, 0.717) is 19.5 Å². The summed E-state index contributed by atoms with van der Waals surface area (Å²) < 4.78 is 0. The summed E-state index contributed by atoms with van der Waals surface area (Å²) in [5, 5.41) is 8.33. The Morgan fingerprint density at radius 2 is 2.36 bits per heavy atom. The molecule has 64 valence electrons. The van der Waals surface area contributed by atoms with Crippen molar-refractivity contribution in [3.8, 4) is 0 Å². The molecule has 0 saturated carbocycles. The lowest BCUT2D eigenvalue weighted by Crippen LogP contribution is -2.49. The number of nitrogens with zero attached hydrogens (tertiary/aromatic N) is 1. The molecule has 0 radical (unpaired) electrons. The van der Waals surface area contributed by atoms with Crippen molar-refractivity contribution in [1.29, 1.82) is 0 Å². The van der Waals surface area contributed by atoms with Crippen molar-refractivity contribution >= 4 is 17.7 Å². The molecule has 1 fully saturated rings. The Morgan fingerprint density at radius 3 is 2.82 bits per heavy atom. The number of likely N-dealkylation sites (tertiary alicyclic amines) is 1. The zero-order valence-corrected chi connectivity index (χ0v) is 6.79. The first-order valence-corrected chi connectivity index (χ1v) is 3.92. The summed E-state index contributed by atoms with van der Waals surface area (Å²) in [6.07, 6.45) is -0.261. The molecule has 0 aromatic rings. The molecule has 0 bridgehead atoms. The molecule has 2 atom stereocenters. The second kappa shape index (κ2) is 3.28. The zero-order valence-electron chi connectivity index (χ0n) is 6.03. The maximum Gasteiger partial charge on any atom is 0.407 e. The molecular weight excluding hydrogens is 168 g/mol. The highest BCUT2D eigenvalue weighted by Crippen LogP contribution is 2.13. The maximum atomic E-state index is 10.4. The van der Waals surface area contributed by atoms with Gasteiger partial charge in [-0.15, -0.1) is 11.6 Å². The molecule has 1 heterocycles. The minimum atomic E-state index is -0.914. The van der Waals surface area contributed by atoms with E-state index in [0.717, 1.165) is 0 Å². The number of carbonyl (C=O) groups is 1. The summed E-state index contributed by atoms with van der Waals surface area (Å²) in [5.41, 5.74) is 5.59. The third-order valence-electron chi connectivity index (χ3n) is 1.86. The van der Waals surface area contributed by atoms with Crippen molar-refractivity contribution < 1.29 is 9.90 Å². The summed E-state index contributed by atoms with van der Waals surface area (Å²) in [6, 6.07) is -0.0627. The van der Waals surface area contributed by atoms with Gasteiger partial charge in [-0.1, -0.05) is 0 Å². The number of carboxylic acid groups (broad SMARTS) is 1. The summed E-state index contributed by atoms with van der Waals surface area (Å²) in [4.78, 5) is 11.7. The molecule has 11 heavy (non-hydrogen) atoms. The van der Waals surface area contributed by atoms with E-state index in [9.17, 15) is 4.79 Å². The van der Waals surface area contributed by atoms with Gasteiger partial charge < -0.3 is 15.7 Å². The minimum Gasteiger partial charge on any atom is -0.465 e. The predicted molar refractivity (Wildman–Crippen MR) is 41.8 cm³/mol. The van der Waals surface area contributed by atoms with Gasteiger partial charge in [0.15, 0.2) is 0 Å². The Kier molecular flexibility index (Phi) is 2.57. The van der Waals surface area contributed by atoms with Gasteiger partial charge in [0.2, 0.25) is 0 Å². The van der Waals surface area contributed by atoms with E-state index in [1.165, 1.54) is 4.90 Å². The molecule has 0 aliphatic carbocycles. The lowest BCUT2D eigenvalue weighted by atomic mass is 10.1. The second-order valence-corrected chi connectivity index (χ2v) is 3.26. The first-order chi connectivity index (χ1) is 5.11. The third kappa shape index (κ3) is 1.97. The number of hydrogen-bond acceptors (Lipinski definition) is 2. The number of piperidine rings is 1. The van der Waals surface area contributed by atoms with Gasteiger partial charge in [0.05, 0.1) is 5.38 Å². The van der Waals surface area contributed by atoms with Crippen LogP contribution in [0.25, 0.3) is 0 Å². The lowest BCUT2D eigenvalue weighted by molar-refractivity contribution is 0.133. The Labute approximate surface area is 69.9 Å². The highest BCUT2D eigenvalue weighted by Gasteiger charge is 2.27. The summed E-state index contributed by atoms with van der Waals surface area (Å²) in [5.74, 6) is 0. The van der Waals surface area contributed by atoms with Crippen LogP contribution in [0, 0.1) is 0 Å². The van der Waals surface area contributed by atoms with E-state index in [2.05, 4.69) is 0 Å². The fraction of sp³-hybridized carbons (Fsp3) is 0.833. The van der Waals surface area contributed by atoms with E-state index in [-0.39, 0.29) is 11.4 Å². The van der Waals surface area contributed by atoms with Crippen molar-refractivity contribution in [2.45, 2.75) is 17.8 Å². The van der Waals surface area contributed by atoms with E-state index in [1.54, 1.807) is 0 Å². The van der Waals surface area contributed by atoms with Gasteiger partial charge in [-0.05, 0) is 6.42 Å². The van der Waals surface area contributed by atoms with Crippen LogP contribution in [0.15, 0.2) is 0 Å². The van der Waals surface area contributed by atoms with Gasteiger partial charge in [-0.2, -0.15) is 0 Å². The Balaban J connectivity index is 2.46. The normalized spacial score (nSPS) is 32.0. The molecule has 1 aliphatic rings. The van der Waals surface area contributed by atoms with Crippen molar-refractivity contribution in [2.24, 2.45) is 5.73 Å². The molecule has 0 spiro atoms. The van der Waals surface area contributed by atoms with Crippen molar-refractivity contribution in [2.75, 3.05) is 13.1 Å². The molecule has 1 rings (SSSR count). The second-order valence-electron chi connectivity index (χ2n) is 2.70. The van der Waals surface area contributed by atoms with Crippen LogP contribution in [-0.4, -0.2) is 40.6 Å². The Hall–Kier alpha value is -0.480. The van der Waals surface area contributed by atoms with Crippen LogP contribution in [0.4, 0.5) is 4.79 Å². The van der Waals surface area contributed by atoms with Crippen LogP contribution >= 0.6 is 11.6 Å². The summed E-state index contributed by atoms with van der Waals surface area (Å²) >= 11 is 5.78. The monoisotopic (exact) mass is 178 g/mol. The molecular formula is C6H11ClN2O2. The Morgan fingerprint density at radius 1 is 1.73 bits per heavy atom. The predicted octanol–water partition coefficient (Wildman–Crippen LogP) is 0.305. The van der Waals surface area contributed by atoms with Crippen LogP contribution in [-0.2, 0) is 0 Å². The number of alkyl halides is 1. The average Bonchev–Trinajstić information content (AvgIpc) is 1.94. The quantitative estimate of drug-likeness (QED) is 0.525. The van der Waals surface area contributed by atoms with Gasteiger partial charge in [0, 0.05) is 19.1 Å². The molecule has 1 aliphatic heterocycles. The van der Waals surface area contributed by atoms with E-state index in [1.807, 2.05) is 0 Å². The smallest absolute Gasteiger partial charge is 0.407 e. The van der Waals surface area contributed by atoms with E-state index < -0.39 is 6.09 Å². The van der Waals surface area contributed by atoms with Crippen molar-refractivity contribution in [1.82, 2.24) is 4.90 Å². The number of rotatable bonds is 0. The van der Waals surface area contributed by atoms with Gasteiger partial charge in [0.25, 0.3) is 0 Å². The number of amides is 1. The van der Waals surface area contributed by atoms with Gasteiger partial charge in [-0.25, -0.2) is 4.79 Å². The lowest BCUT2D eigenvalue weighted by Gasteiger charge is -2.31. The minimum absolute atomic E-state index is 0.0627. The van der Waals surface area contributed by atoms with Crippen LogP contribution < -0.4 is 5.73 Å². The van der Waals surface area contributed by atoms with Gasteiger partial charge in [-0.3, -0.25) is 0 Å². The highest BCUT2D eigenvalue weighted by atomic mass is 35.5. The number of nitrogens with two attached hydrogens (primary N) is 1. The molecule has 5 heteroatoms. The molecule has 0 aromatic heterocycles. The standard InChI is InChI=1S/C6H11ClN2O2/c7-4-3-9(6(10)11)2-1-5(4)8/h4-5H,1-3,8H2,(H,10,11). The number of halogens is 1. The molecule has 4 nitrogen and oxygen atoms in total. The fourth-order valence-corrected chi connectivity index (χ4v) is 1.39. The van der Waals surface area contributed by atoms with Crippen LogP contribution in [0.3, 0.4) is 0 Å². The fourth-order valence-electron chi connectivity index (χ4n) is 1.10. The van der Waals surface area contributed by atoms with Crippen LogP contribution in [0.5, 0.6) is 0 Å². The largest absolute Gasteiger partial charge is 0.465 e. The highest BCUT2D eigenvalue weighted by molar-refractivity contribution is 6.21. The Bertz CT molecular complexity index is 165. The van der Waals surface area contributed by atoms with E-state index in [4.69, 9.17) is 22.4 Å². The average molecular weight is 179 g/mol.